The molecule has 1 saturated heterocycles. The third kappa shape index (κ3) is 3.70. The predicted octanol–water partition coefficient (Wildman–Crippen LogP) is 3.00. The standard InChI is InChI=1S/C20H20N4O2S/c1-26-16-6-4-14(5-7-16)19-23-17(13-27-19)20(25)24-10-9-22-12-18(24)15-3-2-8-21-11-15/h2-8,11,13,18,22H,9-10,12H2,1H3. The quantitative estimate of drug-likeness (QED) is 0.754. The summed E-state index contributed by atoms with van der Waals surface area (Å²) in [6, 6.07) is 11.6. The summed E-state index contributed by atoms with van der Waals surface area (Å²) in [5, 5.41) is 6.03. The number of benzene rings is 1. The van der Waals surface area contributed by atoms with Crippen LogP contribution in [0.3, 0.4) is 0 Å². The lowest BCUT2D eigenvalue weighted by atomic mass is 10.0. The fourth-order valence-electron chi connectivity index (χ4n) is 3.20. The summed E-state index contributed by atoms with van der Waals surface area (Å²) in [4.78, 5) is 23.8. The summed E-state index contributed by atoms with van der Waals surface area (Å²) in [7, 11) is 1.64. The smallest absolute Gasteiger partial charge is 0.273 e. The molecule has 1 aliphatic heterocycles. The van der Waals surface area contributed by atoms with Crippen molar-refractivity contribution in [1.82, 2.24) is 20.2 Å². The van der Waals surface area contributed by atoms with Gasteiger partial charge in [0.05, 0.1) is 13.2 Å². The van der Waals surface area contributed by atoms with Crippen molar-refractivity contribution in [3.05, 3.63) is 65.4 Å². The molecule has 1 aromatic carbocycles. The van der Waals surface area contributed by atoms with E-state index in [0.717, 1.165) is 28.4 Å². The van der Waals surface area contributed by atoms with Crippen LogP contribution in [0.25, 0.3) is 10.6 Å². The molecule has 138 valence electrons. The molecule has 4 rings (SSSR count). The van der Waals surface area contributed by atoms with E-state index in [9.17, 15) is 4.79 Å². The Balaban J connectivity index is 1.57. The van der Waals surface area contributed by atoms with Gasteiger partial charge in [-0.2, -0.15) is 0 Å². The number of carbonyl (C=O) groups excluding carboxylic acids is 1. The van der Waals surface area contributed by atoms with Crippen LogP contribution in [0.2, 0.25) is 0 Å². The number of aromatic nitrogens is 2. The van der Waals surface area contributed by atoms with Gasteiger partial charge in [-0.1, -0.05) is 6.07 Å². The SMILES string of the molecule is COc1ccc(-c2nc(C(=O)N3CCNCC3c3cccnc3)cs2)cc1. The Morgan fingerprint density at radius 3 is 2.89 bits per heavy atom. The van der Waals surface area contributed by atoms with E-state index in [-0.39, 0.29) is 11.9 Å². The topological polar surface area (TPSA) is 67.3 Å². The minimum absolute atomic E-state index is 0.0360. The zero-order valence-electron chi connectivity index (χ0n) is 15.0. The van der Waals surface area contributed by atoms with Gasteiger partial charge in [-0.15, -0.1) is 11.3 Å². The Bertz CT molecular complexity index is 911. The maximum atomic E-state index is 13.1. The minimum Gasteiger partial charge on any atom is -0.497 e. The van der Waals surface area contributed by atoms with Crippen molar-refractivity contribution in [2.45, 2.75) is 6.04 Å². The van der Waals surface area contributed by atoms with Gasteiger partial charge < -0.3 is 15.0 Å². The Kier molecular flexibility index (Phi) is 5.13. The Hall–Kier alpha value is -2.77. The number of amides is 1. The van der Waals surface area contributed by atoms with Crippen LogP contribution < -0.4 is 10.1 Å². The summed E-state index contributed by atoms with van der Waals surface area (Å²) in [6.45, 7) is 2.14. The second kappa shape index (κ2) is 7.85. The zero-order valence-corrected chi connectivity index (χ0v) is 15.8. The monoisotopic (exact) mass is 380 g/mol. The van der Waals surface area contributed by atoms with Gasteiger partial charge in [0.15, 0.2) is 0 Å². The lowest BCUT2D eigenvalue weighted by Gasteiger charge is -2.36. The first kappa shape index (κ1) is 17.6. The summed E-state index contributed by atoms with van der Waals surface area (Å²) in [5.41, 5.74) is 2.49. The van der Waals surface area contributed by atoms with Crippen LogP contribution in [0.1, 0.15) is 22.1 Å². The number of hydrogen-bond donors (Lipinski definition) is 1. The van der Waals surface area contributed by atoms with Crippen LogP contribution in [0.15, 0.2) is 54.2 Å². The average Bonchev–Trinajstić information content (AvgIpc) is 3.24. The first-order valence-electron chi connectivity index (χ1n) is 8.78. The largest absolute Gasteiger partial charge is 0.497 e. The molecular weight excluding hydrogens is 360 g/mol. The molecule has 1 fully saturated rings. The third-order valence-electron chi connectivity index (χ3n) is 4.63. The molecule has 3 aromatic rings. The van der Waals surface area contributed by atoms with Gasteiger partial charge in [0.25, 0.3) is 5.91 Å². The van der Waals surface area contributed by atoms with Crippen LogP contribution in [-0.2, 0) is 0 Å². The summed E-state index contributed by atoms with van der Waals surface area (Å²) in [5.74, 6) is 0.757. The van der Waals surface area contributed by atoms with Crippen molar-refractivity contribution >= 4 is 17.2 Å². The molecule has 0 bridgehead atoms. The molecular formula is C20H20N4O2S. The number of ether oxygens (including phenoxy) is 1. The molecule has 1 unspecified atom stereocenters. The van der Waals surface area contributed by atoms with Crippen LogP contribution in [-0.4, -0.2) is 47.5 Å². The summed E-state index contributed by atoms with van der Waals surface area (Å²) in [6.07, 6.45) is 3.56. The Labute approximate surface area is 161 Å². The molecule has 1 amide bonds. The van der Waals surface area contributed by atoms with E-state index in [2.05, 4.69) is 15.3 Å². The molecule has 0 aliphatic carbocycles. The minimum atomic E-state index is -0.0404. The van der Waals surface area contributed by atoms with Gasteiger partial charge in [0.2, 0.25) is 0 Å². The molecule has 0 radical (unpaired) electrons. The molecule has 6 nitrogen and oxygen atoms in total. The van der Waals surface area contributed by atoms with Crippen molar-refractivity contribution in [3.8, 4) is 16.3 Å². The Morgan fingerprint density at radius 2 is 2.15 bits per heavy atom. The highest BCUT2D eigenvalue weighted by Gasteiger charge is 2.30. The lowest BCUT2D eigenvalue weighted by Crippen LogP contribution is -2.48. The first-order chi connectivity index (χ1) is 13.3. The van der Waals surface area contributed by atoms with Crippen LogP contribution >= 0.6 is 11.3 Å². The van der Waals surface area contributed by atoms with E-state index in [1.165, 1.54) is 11.3 Å². The molecule has 0 spiro atoms. The number of nitrogens with zero attached hydrogens (tertiary/aromatic N) is 3. The Morgan fingerprint density at radius 1 is 1.30 bits per heavy atom. The van der Waals surface area contributed by atoms with Crippen molar-refractivity contribution in [1.29, 1.82) is 0 Å². The normalized spacial score (nSPS) is 16.9. The van der Waals surface area contributed by atoms with Crippen LogP contribution in [0, 0.1) is 0 Å². The average molecular weight is 380 g/mol. The number of rotatable bonds is 4. The number of piperazine rings is 1. The van der Waals surface area contributed by atoms with E-state index in [1.807, 2.05) is 52.9 Å². The molecule has 2 aromatic heterocycles. The number of thiazole rings is 1. The van der Waals surface area contributed by atoms with Gasteiger partial charge in [-0.05, 0) is 35.9 Å². The van der Waals surface area contributed by atoms with Gasteiger partial charge in [-0.25, -0.2) is 4.98 Å². The first-order valence-corrected chi connectivity index (χ1v) is 9.66. The molecule has 1 atom stereocenters. The molecule has 7 heteroatoms. The van der Waals surface area contributed by atoms with E-state index < -0.39 is 0 Å². The zero-order chi connectivity index (χ0) is 18.6. The maximum absolute atomic E-state index is 13.1. The number of methoxy groups -OCH3 is 1. The van der Waals surface area contributed by atoms with E-state index in [4.69, 9.17) is 4.74 Å². The second-order valence-electron chi connectivity index (χ2n) is 6.27. The van der Waals surface area contributed by atoms with Gasteiger partial charge >= 0.3 is 0 Å². The maximum Gasteiger partial charge on any atom is 0.273 e. The number of pyridine rings is 1. The molecule has 3 heterocycles. The molecule has 0 saturated carbocycles. The van der Waals surface area contributed by atoms with Gasteiger partial charge in [0.1, 0.15) is 16.5 Å². The molecule has 1 aliphatic rings. The van der Waals surface area contributed by atoms with Gasteiger partial charge in [-0.3, -0.25) is 9.78 Å². The fourth-order valence-corrected chi connectivity index (χ4v) is 4.00. The summed E-state index contributed by atoms with van der Waals surface area (Å²) >= 11 is 1.48. The van der Waals surface area contributed by atoms with E-state index in [1.54, 1.807) is 13.3 Å². The summed E-state index contributed by atoms with van der Waals surface area (Å²) < 4.78 is 5.19. The highest BCUT2D eigenvalue weighted by atomic mass is 32.1. The van der Waals surface area contributed by atoms with Crippen LogP contribution in [0.4, 0.5) is 0 Å². The molecule has 1 N–H and O–H groups in total. The second-order valence-corrected chi connectivity index (χ2v) is 7.13. The van der Waals surface area contributed by atoms with Gasteiger partial charge in [0, 0.05) is 43.0 Å². The number of nitrogens with one attached hydrogen (secondary N) is 1. The fraction of sp³-hybridized carbons (Fsp3) is 0.250. The third-order valence-corrected chi connectivity index (χ3v) is 5.53. The number of carbonyl (C=O) groups is 1. The number of hydrogen-bond acceptors (Lipinski definition) is 6. The van der Waals surface area contributed by atoms with Crippen LogP contribution in [0.5, 0.6) is 5.75 Å². The van der Waals surface area contributed by atoms with Crippen molar-refractivity contribution in [3.63, 3.8) is 0 Å². The highest BCUT2D eigenvalue weighted by Crippen LogP contribution is 2.28. The van der Waals surface area contributed by atoms with Crippen molar-refractivity contribution < 1.29 is 9.53 Å². The lowest BCUT2D eigenvalue weighted by molar-refractivity contribution is 0.0629. The highest BCUT2D eigenvalue weighted by molar-refractivity contribution is 7.13. The van der Waals surface area contributed by atoms with Crippen molar-refractivity contribution in [2.75, 3.05) is 26.7 Å². The predicted molar refractivity (Wildman–Crippen MR) is 105 cm³/mol. The van der Waals surface area contributed by atoms with E-state index >= 15 is 0 Å². The van der Waals surface area contributed by atoms with Crippen molar-refractivity contribution in [2.24, 2.45) is 0 Å². The van der Waals surface area contributed by atoms with E-state index in [0.29, 0.717) is 18.8 Å². The molecule has 27 heavy (non-hydrogen) atoms.